The number of hydrogen-bond donors (Lipinski definition) is 2. The summed E-state index contributed by atoms with van der Waals surface area (Å²) in [6.45, 7) is 3.24. The minimum Gasteiger partial charge on any atom is -0.507 e. The number of phenols is 1. The highest BCUT2D eigenvalue weighted by Gasteiger charge is 2.32. The lowest BCUT2D eigenvalue weighted by Crippen LogP contribution is -2.52. The molecule has 8 heteroatoms. The lowest BCUT2D eigenvalue weighted by atomic mass is 10.1. The number of aromatic nitrogens is 1. The Bertz CT molecular complexity index is 911. The number of phenolic OH excluding ortho intramolecular Hbond substituents is 1. The average Bonchev–Trinajstić information content (AvgIpc) is 2.82. The van der Waals surface area contributed by atoms with Gasteiger partial charge < -0.3 is 19.7 Å². The highest BCUT2D eigenvalue weighted by molar-refractivity contribution is 6.34. The molecule has 26 heavy (non-hydrogen) atoms. The fourth-order valence-corrected chi connectivity index (χ4v) is 4.05. The minimum absolute atomic E-state index is 0.105. The summed E-state index contributed by atoms with van der Waals surface area (Å²) in [7, 11) is 1.52. The Hall–Kier alpha value is -2.09. The minimum atomic E-state index is -0.655. The quantitative estimate of drug-likeness (QED) is 0.789. The number of aromatic hydroxyl groups is 1. The standard InChI is InChI=1S/C18H19ClFN3O3/c1-22-16(14-12(20)3-2-4-13(14)24)15(19)17-11(18(22)25)8-23-6-5-21-7-10(23)9-26-17/h2-4,10,21,24H,5-9H2,1H3. The van der Waals surface area contributed by atoms with Crippen molar-refractivity contribution in [2.24, 2.45) is 7.05 Å². The van der Waals surface area contributed by atoms with Gasteiger partial charge in [0.05, 0.1) is 22.9 Å². The summed E-state index contributed by atoms with van der Waals surface area (Å²) in [5.74, 6) is -0.656. The van der Waals surface area contributed by atoms with Crippen LogP contribution in [0.1, 0.15) is 5.56 Å². The second-order valence-electron chi connectivity index (χ2n) is 6.61. The maximum Gasteiger partial charge on any atom is 0.259 e. The molecule has 138 valence electrons. The van der Waals surface area contributed by atoms with Crippen LogP contribution < -0.4 is 15.6 Å². The molecule has 0 aliphatic carbocycles. The van der Waals surface area contributed by atoms with Gasteiger partial charge in [0, 0.05) is 33.2 Å². The number of fused-ring (bicyclic) bond motifs is 2. The third-order valence-electron chi connectivity index (χ3n) is 5.06. The molecule has 0 saturated carbocycles. The molecule has 1 unspecified atom stereocenters. The zero-order valence-corrected chi connectivity index (χ0v) is 15.0. The summed E-state index contributed by atoms with van der Waals surface area (Å²) >= 11 is 6.56. The molecule has 1 atom stereocenters. The first kappa shape index (κ1) is 17.3. The van der Waals surface area contributed by atoms with E-state index in [1.165, 1.54) is 29.8 Å². The number of benzene rings is 1. The number of nitrogens with zero attached hydrogens (tertiary/aromatic N) is 2. The van der Waals surface area contributed by atoms with E-state index in [9.17, 15) is 14.3 Å². The Morgan fingerprint density at radius 1 is 1.42 bits per heavy atom. The summed E-state index contributed by atoms with van der Waals surface area (Å²) in [6, 6.07) is 4.11. The smallest absolute Gasteiger partial charge is 0.259 e. The lowest BCUT2D eigenvalue weighted by Gasteiger charge is -2.33. The van der Waals surface area contributed by atoms with Crippen molar-refractivity contribution in [3.63, 3.8) is 0 Å². The summed E-state index contributed by atoms with van der Waals surface area (Å²) in [5.41, 5.74) is 0.166. The van der Waals surface area contributed by atoms with E-state index < -0.39 is 5.82 Å². The van der Waals surface area contributed by atoms with Crippen LogP contribution in [0.5, 0.6) is 11.5 Å². The van der Waals surface area contributed by atoms with Crippen LogP contribution in [0.2, 0.25) is 5.02 Å². The SMILES string of the molecule is Cn1c(-c2c(O)cccc2F)c(Cl)c2c(c1=O)CN1CCNCC1CO2. The van der Waals surface area contributed by atoms with Crippen molar-refractivity contribution in [1.82, 2.24) is 14.8 Å². The molecule has 1 aromatic heterocycles. The number of hydrogen-bond acceptors (Lipinski definition) is 5. The molecule has 1 saturated heterocycles. The molecular weight excluding hydrogens is 361 g/mol. The van der Waals surface area contributed by atoms with Crippen LogP contribution in [0.15, 0.2) is 23.0 Å². The van der Waals surface area contributed by atoms with Gasteiger partial charge in [-0.3, -0.25) is 9.69 Å². The monoisotopic (exact) mass is 379 g/mol. The zero-order valence-electron chi connectivity index (χ0n) is 14.3. The van der Waals surface area contributed by atoms with Gasteiger partial charge in [0.25, 0.3) is 5.56 Å². The van der Waals surface area contributed by atoms with Gasteiger partial charge in [-0.1, -0.05) is 17.7 Å². The van der Waals surface area contributed by atoms with Gasteiger partial charge in [-0.05, 0) is 12.1 Å². The van der Waals surface area contributed by atoms with E-state index in [0.29, 0.717) is 18.7 Å². The van der Waals surface area contributed by atoms with Gasteiger partial charge in [-0.25, -0.2) is 4.39 Å². The van der Waals surface area contributed by atoms with Crippen molar-refractivity contribution in [2.45, 2.75) is 12.6 Å². The van der Waals surface area contributed by atoms with Crippen LogP contribution in [0.3, 0.4) is 0 Å². The number of nitrogens with one attached hydrogen (secondary N) is 1. The van der Waals surface area contributed by atoms with Gasteiger partial charge in [0.1, 0.15) is 28.9 Å². The predicted molar refractivity (Wildman–Crippen MR) is 96.3 cm³/mol. The maximum absolute atomic E-state index is 14.4. The molecule has 0 spiro atoms. The second kappa shape index (κ2) is 6.57. The van der Waals surface area contributed by atoms with E-state index in [1.54, 1.807) is 0 Å². The Morgan fingerprint density at radius 3 is 3.00 bits per heavy atom. The molecular formula is C18H19ClFN3O3. The Labute approximate surface area is 154 Å². The predicted octanol–water partition coefficient (Wildman–Crippen LogP) is 1.72. The van der Waals surface area contributed by atoms with Crippen LogP contribution >= 0.6 is 11.6 Å². The van der Waals surface area contributed by atoms with Crippen molar-refractivity contribution >= 4 is 11.6 Å². The number of halogens is 2. The molecule has 0 radical (unpaired) electrons. The van der Waals surface area contributed by atoms with E-state index in [1.807, 2.05) is 0 Å². The summed E-state index contributed by atoms with van der Waals surface area (Å²) in [4.78, 5) is 15.2. The highest BCUT2D eigenvalue weighted by atomic mass is 35.5. The van der Waals surface area contributed by atoms with Gasteiger partial charge in [-0.2, -0.15) is 0 Å². The fraction of sp³-hybridized carbons (Fsp3) is 0.389. The number of rotatable bonds is 1. The third-order valence-corrected chi connectivity index (χ3v) is 5.41. The van der Waals surface area contributed by atoms with Crippen LogP contribution in [-0.2, 0) is 13.6 Å². The zero-order chi connectivity index (χ0) is 18.4. The van der Waals surface area contributed by atoms with Crippen molar-refractivity contribution < 1.29 is 14.2 Å². The summed E-state index contributed by atoms with van der Waals surface area (Å²) in [5, 5.41) is 13.6. The van der Waals surface area contributed by atoms with E-state index >= 15 is 0 Å². The van der Waals surface area contributed by atoms with E-state index in [-0.39, 0.29) is 39.4 Å². The molecule has 2 aliphatic heterocycles. The van der Waals surface area contributed by atoms with Crippen molar-refractivity contribution in [1.29, 1.82) is 0 Å². The van der Waals surface area contributed by atoms with Crippen LogP contribution in [0, 0.1) is 5.82 Å². The Morgan fingerprint density at radius 2 is 2.23 bits per heavy atom. The van der Waals surface area contributed by atoms with E-state index in [2.05, 4.69) is 10.2 Å². The highest BCUT2D eigenvalue weighted by Crippen LogP contribution is 2.41. The first-order valence-corrected chi connectivity index (χ1v) is 8.83. The van der Waals surface area contributed by atoms with Gasteiger partial charge >= 0.3 is 0 Å². The number of pyridine rings is 1. The molecule has 3 heterocycles. The van der Waals surface area contributed by atoms with Crippen LogP contribution in [0.4, 0.5) is 4.39 Å². The first-order chi connectivity index (χ1) is 12.5. The molecule has 4 rings (SSSR count). The second-order valence-corrected chi connectivity index (χ2v) is 6.99. The topological polar surface area (TPSA) is 66.7 Å². The molecule has 2 aliphatic rings. The largest absolute Gasteiger partial charge is 0.507 e. The van der Waals surface area contributed by atoms with E-state index in [4.69, 9.17) is 16.3 Å². The van der Waals surface area contributed by atoms with Crippen LogP contribution in [0.25, 0.3) is 11.3 Å². The van der Waals surface area contributed by atoms with Crippen LogP contribution in [-0.4, -0.2) is 46.9 Å². The van der Waals surface area contributed by atoms with Gasteiger partial charge in [-0.15, -0.1) is 0 Å². The van der Waals surface area contributed by atoms with Crippen molar-refractivity contribution in [2.75, 3.05) is 26.2 Å². The number of ether oxygens (including phenoxy) is 1. The van der Waals surface area contributed by atoms with E-state index in [0.717, 1.165) is 19.6 Å². The molecule has 1 fully saturated rings. The summed E-state index contributed by atoms with van der Waals surface area (Å²) in [6.07, 6.45) is 0. The first-order valence-electron chi connectivity index (χ1n) is 8.45. The third kappa shape index (κ3) is 2.67. The lowest BCUT2D eigenvalue weighted by molar-refractivity contribution is 0.120. The number of piperazine rings is 1. The summed E-state index contributed by atoms with van der Waals surface area (Å²) < 4.78 is 21.6. The molecule has 1 aromatic carbocycles. The van der Waals surface area contributed by atoms with Crippen molar-refractivity contribution in [3.05, 3.63) is 45.0 Å². The maximum atomic E-state index is 14.4. The molecule has 2 N–H and O–H groups in total. The molecule has 0 amide bonds. The molecule has 6 nitrogen and oxygen atoms in total. The Balaban J connectivity index is 1.92. The molecule has 2 aromatic rings. The fourth-order valence-electron chi connectivity index (χ4n) is 3.66. The normalized spacial score (nSPS) is 20.0. The van der Waals surface area contributed by atoms with Gasteiger partial charge in [0.15, 0.2) is 0 Å². The Kier molecular flexibility index (Phi) is 4.38. The van der Waals surface area contributed by atoms with Gasteiger partial charge in [0.2, 0.25) is 0 Å². The molecule has 0 bridgehead atoms. The van der Waals surface area contributed by atoms with Crippen molar-refractivity contribution in [3.8, 4) is 22.8 Å². The average molecular weight is 380 g/mol.